The molecule has 0 aromatic rings. The minimum Gasteiger partial charge on any atom is -0.439 e. The molecular formula is C22H32O4. The predicted octanol–water partition coefficient (Wildman–Crippen LogP) is 4.02. The first-order valence-corrected chi connectivity index (χ1v) is 10.4. The van der Waals surface area contributed by atoms with Crippen LogP contribution in [0.25, 0.3) is 0 Å². The highest BCUT2D eigenvalue weighted by Gasteiger charge is 2.58. The number of aliphatic hydroxyl groups excluding tert-OH is 1. The maximum Gasteiger partial charge on any atom is 0.308 e. The summed E-state index contributed by atoms with van der Waals surface area (Å²) in [6, 6.07) is 0. The molecule has 4 heteroatoms. The third-order valence-corrected chi connectivity index (χ3v) is 8.70. The monoisotopic (exact) mass is 360 g/mol. The molecule has 0 amide bonds. The average molecular weight is 360 g/mol. The molecule has 0 aromatic heterocycles. The van der Waals surface area contributed by atoms with Gasteiger partial charge in [0.05, 0.1) is 0 Å². The molecule has 4 aliphatic rings. The van der Waals surface area contributed by atoms with Crippen LogP contribution in [0.1, 0.15) is 71.6 Å². The standard InChI is InChI=1S/C22H32O4/c1-21-8-3-4-18(21)17-6-5-14-10-16(24)11-15(12-20(25)26-13-23)22(14,2)19(17)7-9-21/h10,15,17-19,23H,3-9,11-13H2,1-2H3/t15?,17-,18-,19-,21-,22+/m0/s1. The molecule has 4 nitrogen and oxygen atoms in total. The molecule has 144 valence electrons. The molecule has 0 aromatic carbocycles. The molecule has 6 atom stereocenters. The first-order chi connectivity index (χ1) is 12.4. The second-order valence-electron chi connectivity index (χ2n) is 9.67. The highest BCUT2D eigenvalue weighted by atomic mass is 16.6. The molecule has 1 unspecified atom stereocenters. The fraction of sp³-hybridized carbons (Fsp3) is 0.818. The quantitative estimate of drug-likeness (QED) is 0.610. The van der Waals surface area contributed by atoms with Gasteiger partial charge in [-0.15, -0.1) is 0 Å². The van der Waals surface area contributed by atoms with E-state index < -0.39 is 6.79 Å². The Morgan fingerprint density at radius 2 is 2.04 bits per heavy atom. The zero-order valence-electron chi connectivity index (χ0n) is 16.1. The number of allylic oxidation sites excluding steroid dienone is 1. The average Bonchev–Trinajstić information content (AvgIpc) is 2.98. The number of carbonyl (C=O) groups excluding carboxylic acids is 2. The zero-order chi connectivity index (χ0) is 18.5. The van der Waals surface area contributed by atoms with Crippen LogP contribution >= 0.6 is 0 Å². The van der Waals surface area contributed by atoms with Crippen molar-refractivity contribution < 1.29 is 19.4 Å². The van der Waals surface area contributed by atoms with Crippen LogP contribution in [0.3, 0.4) is 0 Å². The van der Waals surface area contributed by atoms with Crippen molar-refractivity contribution in [2.45, 2.75) is 71.6 Å². The molecule has 1 N–H and O–H groups in total. The van der Waals surface area contributed by atoms with E-state index in [2.05, 4.69) is 13.8 Å². The normalized spacial score (nSPS) is 44.6. The van der Waals surface area contributed by atoms with Crippen LogP contribution in [-0.2, 0) is 14.3 Å². The van der Waals surface area contributed by atoms with E-state index in [1.54, 1.807) is 0 Å². The number of ether oxygens (including phenoxy) is 1. The van der Waals surface area contributed by atoms with Crippen LogP contribution < -0.4 is 0 Å². The largest absolute Gasteiger partial charge is 0.439 e. The topological polar surface area (TPSA) is 63.6 Å². The predicted molar refractivity (Wildman–Crippen MR) is 98.0 cm³/mol. The molecular weight excluding hydrogens is 328 g/mol. The van der Waals surface area contributed by atoms with Gasteiger partial charge in [-0.3, -0.25) is 9.59 Å². The van der Waals surface area contributed by atoms with Crippen LogP contribution in [0.5, 0.6) is 0 Å². The number of esters is 1. The smallest absolute Gasteiger partial charge is 0.308 e. The second-order valence-corrected chi connectivity index (χ2v) is 9.67. The van der Waals surface area contributed by atoms with Crippen molar-refractivity contribution in [1.82, 2.24) is 0 Å². The maximum absolute atomic E-state index is 12.3. The van der Waals surface area contributed by atoms with Crippen LogP contribution in [0.15, 0.2) is 11.6 Å². The molecule has 4 rings (SSSR count). The Bertz CT molecular complexity index is 638. The Morgan fingerprint density at radius 1 is 1.23 bits per heavy atom. The van der Waals surface area contributed by atoms with Gasteiger partial charge in [-0.2, -0.15) is 0 Å². The summed E-state index contributed by atoms with van der Waals surface area (Å²) in [5, 5.41) is 8.91. The summed E-state index contributed by atoms with van der Waals surface area (Å²) in [5.41, 5.74) is 1.71. The van der Waals surface area contributed by atoms with E-state index in [0.29, 0.717) is 17.8 Å². The molecule has 26 heavy (non-hydrogen) atoms. The fourth-order valence-electron chi connectivity index (χ4n) is 7.37. The van der Waals surface area contributed by atoms with Gasteiger partial charge in [0.15, 0.2) is 12.6 Å². The Hall–Kier alpha value is -1.16. The van der Waals surface area contributed by atoms with E-state index in [1.807, 2.05) is 6.08 Å². The molecule has 0 spiro atoms. The second kappa shape index (κ2) is 6.47. The van der Waals surface area contributed by atoms with E-state index >= 15 is 0 Å². The summed E-state index contributed by atoms with van der Waals surface area (Å²) in [6.45, 7) is 4.23. The van der Waals surface area contributed by atoms with Crippen molar-refractivity contribution in [1.29, 1.82) is 0 Å². The first-order valence-electron chi connectivity index (χ1n) is 10.4. The van der Waals surface area contributed by atoms with Gasteiger partial charge in [-0.1, -0.05) is 25.8 Å². The highest BCUT2D eigenvalue weighted by Crippen LogP contribution is 2.66. The van der Waals surface area contributed by atoms with Crippen LogP contribution in [0, 0.1) is 34.5 Å². The number of rotatable bonds is 3. The van der Waals surface area contributed by atoms with Crippen molar-refractivity contribution in [3.63, 3.8) is 0 Å². The van der Waals surface area contributed by atoms with Gasteiger partial charge in [0.2, 0.25) is 0 Å². The Balaban J connectivity index is 1.66. The van der Waals surface area contributed by atoms with Gasteiger partial charge in [-0.25, -0.2) is 0 Å². The van der Waals surface area contributed by atoms with Crippen molar-refractivity contribution in [2.24, 2.45) is 34.5 Å². The van der Waals surface area contributed by atoms with Gasteiger partial charge in [0.25, 0.3) is 0 Å². The summed E-state index contributed by atoms with van der Waals surface area (Å²) in [4.78, 5) is 24.4. The number of aliphatic hydroxyl groups is 1. The molecule has 3 fully saturated rings. The van der Waals surface area contributed by atoms with E-state index in [1.165, 1.54) is 44.1 Å². The molecule has 3 saturated carbocycles. The Labute approximate surface area is 156 Å². The van der Waals surface area contributed by atoms with E-state index in [-0.39, 0.29) is 29.5 Å². The van der Waals surface area contributed by atoms with Crippen molar-refractivity contribution in [2.75, 3.05) is 6.79 Å². The molecule has 0 radical (unpaired) electrons. The number of ketones is 1. The van der Waals surface area contributed by atoms with E-state index in [4.69, 9.17) is 9.84 Å². The minimum atomic E-state index is -0.578. The van der Waals surface area contributed by atoms with Gasteiger partial charge in [-0.05, 0) is 79.1 Å². The number of carbonyl (C=O) groups is 2. The lowest BCUT2D eigenvalue weighted by molar-refractivity contribution is -0.155. The summed E-state index contributed by atoms with van der Waals surface area (Å²) >= 11 is 0. The van der Waals surface area contributed by atoms with Crippen LogP contribution in [-0.4, -0.2) is 23.7 Å². The van der Waals surface area contributed by atoms with Crippen molar-refractivity contribution >= 4 is 11.8 Å². The summed E-state index contributed by atoms with van der Waals surface area (Å²) in [5.74, 6) is 1.88. The Kier molecular flexibility index (Phi) is 4.53. The third-order valence-electron chi connectivity index (χ3n) is 8.70. The minimum absolute atomic E-state index is 0.00705. The third kappa shape index (κ3) is 2.67. The van der Waals surface area contributed by atoms with Crippen molar-refractivity contribution in [3.05, 3.63) is 11.6 Å². The molecule has 0 aliphatic heterocycles. The summed E-state index contributed by atoms with van der Waals surface area (Å²) in [6.07, 6.45) is 11.3. The zero-order valence-corrected chi connectivity index (χ0v) is 16.1. The van der Waals surface area contributed by atoms with Crippen LogP contribution in [0.4, 0.5) is 0 Å². The van der Waals surface area contributed by atoms with Gasteiger partial charge in [0.1, 0.15) is 0 Å². The number of hydrogen-bond donors (Lipinski definition) is 1. The Morgan fingerprint density at radius 3 is 2.81 bits per heavy atom. The van der Waals surface area contributed by atoms with E-state index in [0.717, 1.165) is 18.3 Å². The summed E-state index contributed by atoms with van der Waals surface area (Å²) in [7, 11) is 0. The maximum atomic E-state index is 12.3. The first kappa shape index (κ1) is 18.2. The lowest BCUT2D eigenvalue weighted by Gasteiger charge is -2.59. The molecule has 0 bridgehead atoms. The molecule has 0 saturated heterocycles. The van der Waals surface area contributed by atoms with Gasteiger partial charge >= 0.3 is 5.97 Å². The van der Waals surface area contributed by atoms with Crippen molar-refractivity contribution in [3.8, 4) is 0 Å². The highest BCUT2D eigenvalue weighted by molar-refractivity contribution is 5.92. The lowest BCUT2D eigenvalue weighted by Crippen LogP contribution is -2.53. The fourth-order valence-corrected chi connectivity index (χ4v) is 7.37. The molecule has 4 aliphatic carbocycles. The van der Waals surface area contributed by atoms with Gasteiger partial charge in [0, 0.05) is 12.8 Å². The van der Waals surface area contributed by atoms with E-state index in [9.17, 15) is 9.59 Å². The summed E-state index contributed by atoms with van der Waals surface area (Å²) < 4.78 is 4.81. The lowest BCUT2D eigenvalue weighted by atomic mass is 9.45. The van der Waals surface area contributed by atoms with Gasteiger partial charge < -0.3 is 9.84 Å². The molecule has 0 heterocycles. The SMILES string of the molecule is C[C@@]12CCC[C@H]1[C@@H]1CCC3=CC(=O)CC(CC(=O)OCO)[C@]3(C)[C@H]1CC2. The number of hydrogen-bond acceptors (Lipinski definition) is 4. The van der Waals surface area contributed by atoms with Crippen LogP contribution in [0.2, 0.25) is 0 Å². The number of fused-ring (bicyclic) bond motifs is 5.